The van der Waals surface area contributed by atoms with Crippen LogP contribution in [-0.2, 0) is 16.1 Å². The number of carbonyl (C=O) groups is 2. The number of amides is 2. The largest absolute Gasteiger partial charge is 0.490 e. The fourth-order valence-corrected chi connectivity index (χ4v) is 3.54. The van der Waals surface area contributed by atoms with Crippen LogP contribution in [0.4, 0.5) is 5.69 Å². The Morgan fingerprint density at radius 2 is 2.09 bits per heavy atom. The van der Waals surface area contributed by atoms with Crippen molar-refractivity contribution in [3.05, 3.63) is 47.8 Å². The summed E-state index contributed by atoms with van der Waals surface area (Å²) in [6.45, 7) is 6.08. The number of ether oxygens (including phenoxy) is 2. The van der Waals surface area contributed by atoms with Gasteiger partial charge in [0.25, 0.3) is 0 Å². The monoisotopic (exact) mass is 440 g/mol. The van der Waals surface area contributed by atoms with Crippen LogP contribution in [-0.4, -0.2) is 54.5 Å². The van der Waals surface area contributed by atoms with Crippen molar-refractivity contribution in [3.8, 4) is 11.5 Å². The Hall–Kier alpha value is -3.13. The Morgan fingerprint density at radius 3 is 2.88 bits per heavy atom. The molecular weight excluding hydrogens is 408 g/mol. The highest BCUT2D eigenvalue weighted by Crippen LogP contribution is 2.32. The lowest BCUT2D eigenvalue weighted by Gasteiger charge is -2.23. The topological polar surface area (TPSA) is 92.8 Å². The number of hydrogen-bond acceptors (Lipinski definition) is 6. The molecule has 2 aromatic rings. The fourth-order valence-electron chi connectivity index (χ4n) is 3.54. The molecule has 0 bridgehead atoms. The first-order chi connectivity index (χ1) is 15.5. The summed E-state index contributed by atoms with van der Waals surface area (Å²) in [5.74, 6) is 1.05. The van der Waals surface area contributed by atoms with Crippen molar-refractivity contribution in [2.24, 2.45) is 0 Å². The summed E-state index contributed by atoms with van der Waals surface area (Å²) in [4.78, 5) is 31.2. The van der Waals surface area contributed by atoms with E-state index >= 15 is 0 Å². The van der Waals surface area contributed by atoms with E-state index in [0.717, 1.165) is 30.5 Å². The normalized spacial score (nSPS) is 15.8. The number of nitrogens with one attached hydrogen (secondary N) is 2. The molecule has 2 N–H and O–H groups in total. The van der Waals surface area contributed by atoms with Crippen LogP contribution in [0.25, 0.3) is 0 Å². The number of fused-ring (bicyclic) bond motifs is 1. The molecule has 8 nitrogen and oxygen atoms in total. The van der Waals surface area contributed by atoms with Gasteiger partial charge in [-0.05, 0) is 51.3 Å². The quantitative estimate of drug-likeness (QED) is 0.743. The molecule has 0 unspecified atom stereocenters. The summed E-state index contributed by atoms with van der Waals surface area (Å²) in [5, 5.41) is 5.80. The molecule has 0 radical (unpaired) electrons. The number of hydrogen-bond donors (Lipinski definition) is 2. The molecular formula is C24H32N4O4. The Morgan fingerprint density at radius 1 is 1.22 bits per heavy atom. The van der Waals surface area contributed by atoms with Gasteiger partial charge in [0, 0.05) is 24.3 Å². The molecule has 0 spiro atoms. The second kappa shape index (κ2) is 12.0. The minimum atomic E-state index is -0.212. The van der Waals surface area contributed by atoms with Gasteiger partial charge in [0.1, 0.15) is 0 Å². The predicted octanol–water partition coefficient (Wildman–Crippen LogP) is 2.91. The van der Waals surface area contributed by atoms with E-state index in [1.807, 2.05) is 49.1 Å². The van der Waals surface area contributed by atoms with Gasteiger partial charge in [0.2, 0.25) is 11.8 Å². The highest BCUT2D eigenvalue weighted by molar-refractivity contribution is 5.92. The minimum Gasteiger partial charge on any atom is -0.490 e. The molecule has 2 heterocycles. The zero-order valence-electron chi connectivity index (χ0n) is 18.9. The van der Waals surface area contributed by atoms with Crippen molar-refractivity contribution in [3.63, 3.8) is 0 Å². The third-order valence-electron chi connectivity index (χ3n) is 5.07. The third kappa shape index (κ3) is 7.23. The van der Waals surface area contributed by atoms with Crippen LogP contribution in [0.15, 0.2) is 36.5 Å². The molecule has 0 aliphatic carbocycles. The van der Waals surface area contributed by atoms with Gasteiger partial charge in [0.15, 0.2) is 11.5 Å². The molecule has 3 rings (SSSR count). The molecule has 0 saturated heterocycles. The molecule has 1 aromatic carbocycles. The number of nitrogens with zero attached hydrogens (tertiary/aromatic N) is 2. The van der Waals surface area contributed by atoms with E-state index in [-0.39, 0.29) is 24.9 Å². The van der Waals surface area contributed by atoms with Gasteiger partial charge in [-0.25, -0.2) is 0 Å². The van der Waals surface area contributed by atoms with Crippen molar-refractivity contribution >= 4 is 17.5 Å². The number of pyridine rings is 1. The predicted molar refractivity (Wildman–Crippen MR) is 123 cm³/mol. The molecule has 8 heteroatoms. The number of benzene rings is 1. The molecule has 1 aliphatic heterocycles. The summed E-state index contributed by atoms with van der Waals surface area (Å²) in [6, 6.07) is 9.38. The number of anilines is 1. The Labute approximate surface area is 189 Å². The van der Waals surface area contributed by atoms with E-state index in [1.54, 1.807) is 6.20 Å². The van der Waals surface area contributed by atoms with Crippen molar-refractivity contribution in [2.45, 2.75) is 39.7 Å². The maximum atomic E-state index is 12.7. The first kappa shape index (κ1) is 23.5. The van der Waals surface area contributed by atoms with Crippen LogP contribution in [0.1, 0.15) is 37.4 Å². The summed E-state index contributed by atoms with van der Waals surface area (Å²) >= 11 is 0. The number of aryl methyl sites for hydroxylation is 1. The van der Waals surface area contributed by atoms with Crippen LogP contribution >= 0.6 is 0 Å². The van der Waals surface area contributed by atoms with Crippen LogP contribution < -0.4 is 20.1 Å². The van der Waals surface area contributed by atoms with Gasteiger partial charge in [-0.15, -0.1) is 0 Å². The molecule has 1 aliphatic rings. The summed E-state index contributed by atoms with van der Waals surface area (Å²) in [6.07, 6.45) is 4.36. The maximum Gasteiger partial charge on any atom is 0.238 e. The number of para-hydroxylation sites is 1. The highest BCUT2D eigenvalue weighted by atomic mass is 16.5. The lowest BCUT2D eigenvalue weighted by atomic mass is 10.1. The average Bonchev–Trinajstić information content (AvgIpc) is 2.77. The molecule has 1 aromatic heterocycles. The zero-order chi connectivity index (χ0) is 22.8. The standard InChI is InChI=1S/C24H32N4O4/c1-3-31-21-9-7-8-19-15-28(17-23(30)27-20-11-10-18(2)26-14-20)16-22(29)25-12-5-4-6-13-32-24(19)21/h7-11,14H,3-6,12-13,15-17H2,1-2H3,(H,25,29)(H,27,30). The highest BCUT2D eigenvalue weighted by Gasteiger charge is 2.20. The molecule has 2 amide bonds. The van der Waals surface area contributed by atoms with Crippen molar-refractivity contribution < 1.29 is 19.1 Å². The van der Waals surface area contributed by atoms with E-state index in [1.165, 1.54) is 0 Å². The molecule has 0 fully saturated rings. The first-order valence-corrected chi connectivity index (χ1v) is 11.1. The van der Waals surface area contributed by atoms with Crippen LogP contribution in [0.3, 0.4) is 0 Å². The third-order valence-corrected chi connectivity index (χ3v) is 5.07. The van der Waals surface area contributed by atoms with Gasteiger partial charge >= 0.3 is 0 Å². The Bertz CT molecular complexity index is 901. The summed E-state index contributed by atoms with van der Waals surface area (Å²) < 4.78 is 11.9. The number of aromatic nitrogens is 1. The number of carbonyl (C=O) groups excluding carboxylic acids is 2. The summed E-state index contributed by atoms with van der Waals surface area (Å²) in [7, 11) is 0. The minimum absolute atomic E-state index is 0.0552. The average molecular weight is 441 g/mol. The lowest BCUT2D eigenvalue weighted by molar-refractivity contribution is -0.123. The van der Waals surface area contributed by atoms with E-state index in [0.29, 0.717) is 43.5 Å². The molecule has 0 atom stereocenters. The van der Waals surface area contributed by atoms with Gasteiger partial charge in [0.05, 0.1) is 38.2 Å². The van der Waals surface area contributed by atoms with Crippen LogP contribution in [0.2, 0.25) is 0 Å². The van der Waals surface area contributed by atoms with Gasteiger partial charge in [-0.2, -0.15) is 0 Å². The van der Waals surface area contributed by atoms with Crippen LogP contribution in [0.5, 0.6) is 11.5 Å². The van der Waals surface area contributed by atoms with Gasteiger partial charge in [-0.1, -0.05) is 12.1 Å². The second-order valence-corrected chi connectivity index (χ2v) is 7.82. The SMILES string of the molecule is CCOc1cccc2c1OCCCCCNC(=O)CN(CC(=O)Nc1ccc(C)nc1)C2. The zero-order valence-corrected chi connectivity index (χ0v) is 18.9. The second-order valence-electron chi connectivity index (χ2n) is 7.82. The van der Waals surface area contributed by atoms with E-state index in [4.69, 9.17) is 9.47 Å². The lowest BCUT2D eigenvalue weighted by Crippen LogP contribution is -2.41. The van der Waals surface area contributed by atoms with Crippen molar-refractivity contribution in [2.75, 3.05) is 38.2 Å². The van der Waals surface area contributed by atoms with E-state index in [9.17, 15) is 9.59 Å². The first-order valence-electron chi connectivity index (χ1n) is 11.1. The summed E-state index contributed by atoms with van der Waals surface area (Å²) in [5.41, 5.74) is 2.38. The Balaban J connectivity index is 1.79. The van der Waals surface area contributed by atoms with Gasteiger partial charge in [-0.3, -0.25) is 19.5 Å². The number of rotatable bonds is 5. The van der Waals surface area contributed by atoms with Crippen LogP contribution in [0, 0.1) is 6.92 Å². The van der Waals surface area contributed by atoms with E-state index in [2.05, 4.69) is 15.6 Å². The maximum absolute atomic E-state index is 12.7. The molecule has 172 valence electrons. The van der Waals surface area contributed by atoms with Gasteiger partial charge < -0.3 is 20.1 Å². The fraction of sp³-hybridized carbons (Fsp3) is 0.458. The van der Waals surface area contributed by atoms with Crippen molar-refractivity contribution in [1.29, 1.82) is 0 Å². The Kier molecular flexibility index (Phi) is 8.86. The van der Waals surface area contributed by atoms with Crippen molar-refractivity contribution in [1.82, 2.24) is 15.2 Å². The molecule has 0 saturated carbocycles. The smallest absolute Gasteiger partial charge is 0.238 e. The molecule has 32 heavy (non-hydrogen) atoms. The van der Waals surface area contributed by atoms with E-state index < -0.39 is 0 Å².